The average Bonchev–Trinajstić information content (AvgIpc) is 2.64. The van der Waals surface area contributed by atoms with Gasteiger partial charge in [0, 0.05) is 39.5 Å². The summed E-state index contributed by atoms with van der Waals surface area (Å²) in [4.78, 5) is 39.3. The number of carbonyl (C=O) groups excluding carboxylic acids is 3. The topological polar surface area (TPSA) is 79.0 Å². The van der Waals surface area contributed by atoms with E-state index in [9.17, 15) is 14.4 Å². The molecule has 27 heavy (non-hydrogen) atoms. The van der Waals surface area contributed by atoms with Crippen molar-refractivity contribution in [2.24, 2.45) is 5.92 Å². The van der Waals surface area contributed by atoms with Gasteiger partial charge in [-0.05, 0) is 52.1 Å². The summed E-state index contributed by atoms with van der Waals surface area (Å²) in [5.74, 6) is 0.139. The standard InChI is InChI=1S/C20H37N3O4/c1-4-8-19(25)21-11-6-7-12-23(17(3)24)16-15-22-13-9-18(10-14-22)20(26)27-5-2/h18H,4-16H2,1-3H3,(H,21,25). The molecule has 1 saturated heterocycles. The lowest BCUT2D eigenvalue weighted by molar-refractivity contribution is -0.149. The molecule has 0 spiro atoms. The van der Waals surface area contributed by atoms with E-state index >= 15 is 0 Å². The summed E-state index contributed by atoms with van der Waals surface area (Å²) in [5, 5.41) is 2.90. The third-order valence-corrected chi connectivity index (χ3v) is 4.99. The summed E-state index contributed by atoms with van der Waals surface area (Å²) < 4.78 is 5.10. The van der Waals surface area contributed by atoms with Crippen LogP contribution >= 0.6 is 0 Å². The van der Waals surface area contributed by atoms with Crippen molar-refractivity contribution in [1.29, 1.82) is 0 Å². The molecule has 7 nitrogen and oxygen atoms in total. The van der Waals surface area contributed by atoms with E-state index in [0.717, 1.165) is 58.3 Å². The Morgan fingerprint density at radius 2 is 1.81 bits per heavy atom. The molecule has 7 heteroatoms. The van der Waals surface area contributed by atoms with Crippen LogP contribution in [0.1, 0.15) is 59.3 Å². The van der Waals surface area contributed by atoms with Crippen LogP contribution in [-0.2, 0) is 19.1 Å². The molecule has 1 heterocycles. The zero-order valence-corrected chi connectivity index (χ0v) is 17.3. The number of hydrogen-bond donors (Lipinski definition) is 1. The van der Waals surface area contributed by atoms with Gasteiger partial charge >= 0.3 is 5.97 Å². The molecule has 156 valence electrons. The van der Waals surface area contributed by atoms with Gasteiger partial charge in [0.25, 0.3) is 0 Å². The number of unbranched alkanes of at least 4 members (excludes halogenated alkanes) is 1. The average molecular weight is 384 g/mol. The zero-order valence-electron chi connectivity index (χ0n) is 17.3. The number of amides is 2. The number of carbonyl (C=O) groups is 3. The largest absolute Gasteiger partial charge is 0.466 e. The predicted octanol–water partition coefficient (Wildman–Crippen LogP) is 1.81. The van der Waals surface area contributed by atoms with Crippen molar-refractivity contribution in [3.05, 3.63) is 0 Å². The first-order chi connectivity index (χ1) is 13.0. The maximum Gasteiger partial charge on any atom is 0.309 e. The molecule has 0 aromatic rings. The van der Waals surface area contributed by atoms with Crippen LogP contribution in [0.3, 0.4) is 0 Å². The molecule has 1 aliphatic rings. The number of piperidine rings is 1. The van der Waals surface area contributed by atoms with E-state index in [2.05, 4.69) is 10.2 Å². The zero-order chi connectivity index (χ0) is 20.1. The first-order valence-electron chi connectivity index (χ1n) is 10.4. The van der Waals surface area contributed by atoms with Gasteiger partial charge in [0.15, 0.2) is 0 Å². The van der Waals surface area contributed by atoms with Gasteiger partial charge in [-0.15, -0.1) is 0 Å². The number of esters is 1. The van der Waals surface area contributed by atoms with E-state index < -0.39 is 0 Å². The molecular formula is C20H37N3O4. The van der Waals surface area contributed by atoms with Crippen LogP contribution < -0.4 is 5.32 Å². The molecule has 1 aliphatic heterocycles. The Balaban J connectivity index is 2.21. The quantitative estimate of drug-likeness (QED) is 0.411. The Bertz CT molecular complexity index is 462. The fourth-order valence-electron chi connectivity index (χ4n) is 3.31. The van der Waals surface area contributed by atoms with E-state index in [1.165, 1.54) is 0 Å². The Labute approximate surface area is 163 Å². The molecule has 0 bridgehead atoms. The van der Waals surface area contributed by atoms with Gasteiger partial charge < -0.3 is 19.9 Å². The second-order valence-electron chi connectivity index (χ2n) is 7.18. The molecule has 2 amide bonds. The molecule has 0 saturated carbocycles. The van der Waals surface area contributed by atoms with Crippen LogP contribution in [0.2, 0.25) is 0 Å². The Morgan fingerprint density at radius 3 is 2.41 bits per heavy atom. The fraction of sp³-hybridized carbons (Fsp3) is 0.850. The minimum absolute atomic E-state index is 0.0213. The van der Waals surface area contributed by atoms with Crippen molar-refractivity contribution < 1.29 is 19.1 Å². The molecule has 1 rings (SSSR count). The molecule has 1 fully saturated rings. The number of likely N-dealkylation sites (tertiary alicyclic amines) is 1. The monoisotopic (exact) mass is 383 g/mol. The van der Waals surface area contributed by atoms with Crippen molar-refractivity contribution in [2.45, 2.75) is 59.3 Å². The molecule has 0 atom stereocenters. The number of hydrogen-bond acceptors (Lipinski definition) is 5. The minimum Gasteiger partial charge on any atom is -0.466 e. The third-order valence-electron chi connectivity index (χ3n) is 4.99. The molecule has 0 aromatic heterocycles. The van der Waals surface area contributed by atoms with Gasteiger partial charge in [-0.3, -0.25) is 14.4 Å². The van der Waals surface area contributed by atoms with E-state index in [1.807, 2.05) is 18.7 Å². The highest BCUT2D eigenvalue weighted by Crippen LogP contribution is 2.18. The van der Waals surface area contributed by atoms with Crippen LogP contribution in [0.15, 0.2) is 0 Å². The highest BCUT2D eigenvalue weighted by molar-refractivity contribution is 5.75. The van der Waals surface area contributed by atoms with Crippen LogP contribution in [0, 0.1) is 5.92 Å². The van der Waals surface area contributed by atoms with E-state index in [4.69, 9.17) is 4.74 Å². The van der Waals surface area contributed by atoms with Crippen LogP contribution in [0.4, 0.5) is 0 Å². The van der Waals surface area contributed by atoms with Crippen molar-refractivity contribution >= 4 is 17.8 Å². The molecule has 0 radical (unpaired) electrons. The maximum absolute atomic E-state index is 11.9. The SMILES string of the molecule is CCCC(=O)NCCCCN(CCN1CCC(C(=O)OCC)CC1)C(C)=O. The van der Waals surface area contributed by atoms with Crippen LogP contribution in [0.5, 0.6) is 0 Å². The highest BCUT2D eigenvalue weighted by atomic mass is 16.5. The lowest BCUT2D eigenvalue weighted by Gasteiger charge is -2.32. The summed E-state index contributed by atoms with van der Waals surface area (Å²) in [6.07, 6.45) is 4.86. The lowest BCUT2D eigenvalue weighted by atomic mass is 9.97. The van der Waals surface area contributed by atoms with Crippen molar-refractivity contribution in [3.8, 4) is 0 Å². The maximum atomic E-state index is 11.9. The third kappa shape index (κ3) is 9.75. The van der Waals surface area contributed by atoms with Gasteiger partial charge in [0.2, 0.25) is 11.8 Å². The number of ether oxygens (including phenoxy) is 1. The number of nitrogens with one attached hydrogen (secondary N) is 1. The summed E-state index contributed by atoms with van der Waals surface area (Å²) in [6, 6.07) is 0. The lowest BCUT2D eigenvalue weighted by Crippen LogP contribution is -2.42. The van der Waals surface area contributed by atoms with E-state index in [0.29, 0.717) is 26.1 Å². The van der Waals surface area contributed by atoms with Crippen molar-refractivity contribution in [2.75, 3.05) is 45.9 Å². The smallest absolute Gasteiger partial charge is 0.309 e. The molecule has 1 N–H and O–H groups in total. The van der Waals surface area contributed by atoms with Crippen molar-refractivity contribution in [3.63, 3.8) is 0 Å². The summed E-state index contributed by atoms with van der Waals surface area (Å²) in [7, 11) is 0. The van der Waals surface area contributed by atoms with E-state index in [1.54, 1.807) is 6.92 Å². The minimum atomic E-state index is -0.0754. The van der Waals surface area contributed by atoms with Crippen LogP contribution in [0.25, 0.3) is 0 Å². The van der Waals surface area contributed by atoms with Gasteiger partial charge in [-0.2, -0.15) is 0 Å². The van der Waals surface area contributed by atoms with Gasteiger partial charge in [-0.1, -0.05) is 6.92 Å². The Kier molecular flexibility index (Phi) is 11.7. The predicted molar refractivity (Wildman–Crippen MR) is 105 cm³/mol. The Morgan fingerprint density at radius 1 is 1.11 bits per heavy atom. The second-order valence-corrected chi connectivity index (χ2v) is 7.18. The molecule has 0 unspecified atom stereocenters. The summed E-state index contributed by atoms with van der Waals surface area (Å²) in [5.41, 5.74) is 0. The normalized spacial score (nSPS) is 15.4. The van der Waals surface area contributed by atoms with E-state index in [-0.39, 0.29) is 23.7 Å². The first kappa shape index (κ1) is 23.4. The molecule has 0 aromatic carbocycles. The molecular weight excluding hydrogens is 346 g/mol. The van der Waals surface area contributed by atoms with Crippen LogP contribution in [-0.4, -0.2) is 73.5 Å². The summed E-state index contributed by atoms with van der Waals surface area (Å²) in [6.45, 7) is 10.6. The second kappa shape index (κ2) is 13.5. The number of rotatable bonds is 12. The summed E-state index contributed by atoms with van der Waals surface area (Å²) >= 11 is 0. The van der Waals surface area contributed by atoms with Gasteiger partial charge in [0.05, 0.1) is 12.5 Å². The number of nitrogens with zero attached hydrogens (tertiary/aromatic N) is 2. The van der Waals surface area contributed by atoms with Gasteiger partial charge in [0.1, 0.15) is 0 Å². The Hall–Kier alpha value is -1.63. The van der Waals surface area contributed by atoms with Gasteiger partial charge in [-0.25, -0.2) is 0 Å². The fourth-order valence-corrected chi connectivity index (χ4v) is 3.31. The first-order valence-corrected chi connectivity index (χ1v) is 10.4. The molecule has 0 aliphatic carbocycles. The highest BCUT2D eigenvalue weighted by Gasteiger charge is 2.26. The van der Waals surface area contributed by atoms with Crippen molar-refractivity contribution in [1.82, 2.24) is 15.1 Å².